The maximum Gasteiger partial charge on any atom is 0.153 e. The van der Waals surface area contributed by atoms with Gasteiger partial charge in [-0.1, -0.05) is 23.2 Å². The van der Waals surface area contributed by atoms with Crippen LogP contribution in [0.4, 0.5) is 0 Å². The molecule has 0 bridgehead atoms. The zero-order valence-electron chi connectivity index (χ0n) is 9.62. The van der Waals surface area contributed by atoms with Crippen LogP contribution in [-0.4, -0.2) is 22.2 Å². The summed E-state index contributed by atoms with van der Waals surface area (Å²) in [5.74, 6) is 1.31. The molecular formula is C12H13ClN2O2. The van der Waals surface area contributed by atoms with Crippen LogP contribution in [0.5, 0.6) is 5.75 Å². The van der Waals surface area contributed by atoms with E-state index >= 15 is 0 Å². The van der Waals surface area contributed by atoms with Crippen molar-refractivity contribution in [1.82, 2.24) is 9.97 Å². The predicted molar refractivity (Wildman–Crippen MR) is 66.2 cm³/mol. The largest absolute Gasteiger partial charge is 0.496 e. The molecular weight excluding hydrogens is 240 g/mol. The molecule has 1 aromatic carbocycles. The summed E-state index contributed by atoms with van der Waals surface area (Å²) in [5.41, 5.74) is 2.43. The molecule has 0 amide bonds. The summed E-state index contributed by atoms with van der Waals surface area (Å²) in [6.07, 6.45) is 0. The maximum absolute atomic E-state index is 9.07. The fourth-order valence-corrected chi connectivity index (χ4v) is 1.82. The Hall–Kier alpha value is -1.52. The molecule has 5 heteroatoms. The number of halogens is 1. The van der Waals surface area contributed by atoms with Crippen molar-refractivity contribution < 1.29 is 9.84 Å². The van der Waals surface area contributed by atoms with Gasteiger partial charge in [-0.2, -0.15) is 0 Å². The fourth-order valence-electron chi connectivity index (χ4n) is 1.63. The van der Waals surface area contributed by atoms with Crippen LogP contribution < -0.4 is 4.74 Å². The number of aryl methyl sites for hydroxylation is 1. The number of aliphatic hydroxyl groups is 1. The number of nitrogens with one attached hydrogen (secondary N) is 1. The Morgan fingerprint density at radius 1 is 1.47 bits per heavy atom. The Morgan fingerprint density at radius 3 is 2.82 bits per heavy atom. The molecule has 0 saturated heterocycles. The maximum atomic E-state index is 9.07. The number of H-pyrrole nitrogens is 1. The van der Waals surface area contributed by atoms with Gasteiger partial charge < -0.3 is 14.8 Å². The van der Waals surface area contributed by atoms with Crippen molar-refractivity contribution in [3.63, 3.8) is 0 Å². The van der Waals surface area contributed by atoms with Gasteiger partial charge in [0.1, 0.15) is 11.6 Å². The van der Waals surface area contributed by atoms with E-state index in [1.807, 2.05) is 25.1 Å². The van der Waals surface area contributed by atoms with Gasteiger partial charge in [0.2, 0.25) is 0 Å². The highest BCUT2D eigenvalue weighted by Crippen LogP contribution is 2.30. The molecule has 2 rings (SSSR count). The lowest BCUT2D eigenvalue weighted by Crippen LogP contribution is -1.90. The molecule has 17 heavy (non-hydrogen) atoms. The zero-order chi connectivity index (χ0) is 12.4. The van der Waals surface area contributed by atoms with Crippen molar-refractivity contribution in [2.75, 3.05) is 7.11 Å². The minimum absolute atomic E-state index is 0.167. The number of rotatable bonds is 3. The number of hydrogen-bond donors (Lipinski definition) is 2. The number of benzene rings is 1. The molecule has 0 aliphatic heterocycles. The quantitative estimate of drug-likeness (QED) is 0.883. The molecule has 2 aromatic rings. The van der Waals surface area contributed by atoms with Gasteiger partial charge in [-0.3, -0.25) is 0 Å². The molecule has 0 atom stereocenters. The van der Waals surface area contributed by atoms with Gasteiger partial charge in [0.25, 0.3) is 0 Å². The highest BCUT2D eigenvalue weighted by atomic mass is 35.5. The lowest BCUT2D eigenvalue weighted by atomic mass is 10.1. The molecule has 0 radical (unpaired) electrons. The molecule has 2 N–H and O–H groups in total. The van der Waals surface area contributed by atoms with Gasteiger partial charge in [-0.05, 0) is 19.1 Å². The number of aliphatic hydroxyl groups excluding tert-OH is 1. The van der Waals surface area contributed by atoms with Crippen molar-refractivity contribution in [1.29, 1.82) is 0 Å². The van der Waals surface area contributed by atoms with Gasteiger partial charge >= 0.3 is 0 Å². The Morgan fingerprint density at radius 2 is 2.24 bits per heavy atom. The number of aromatic nitrogens is 2. The zero-order valence-corrected chi connectivity index (χ0v) is 10.4. The van der Waals surface area contributed by atoms with Crippen molar-refractivity contribution >= 4 is 11.6 Å². The molecule has 0 spiro atoms. The second-order valence-corrected chi connectivity index (χ2v) is 4.07. The first kappa shape index (κ1) is 12.0. The van der Waals surface area contributed by atoms with Crippen molar-refractivity contribution in [3.05, 3.63) is 34.6 Å². The molecule has 0 fully saturated rings. The third-order valence-corrected chi connectivity index (χ3v) is 2.81. The summed E-state index contributed by atoms with van der Waals surface area (Å²) in [7, 11) is 1.60. The number of imidazole rings is 1. The highest BCUT2D eigenvalue weighted by molar-refractivity contribution is 6.30. The molecule has 4 nitrogen and oxygen atoms in total. The standard InChI is InChI=1S/C12H13ClN2O2/c1-7-3-4-10(17-2)8(5-7)12-14-9(6-16)11(13)15-12/h3-5,16H,6H2,1-2H3,(H,14,15). The van der Waals surface area contributed by atoms with Crippen LogP contribution >= 0.6 is 11.6 Å². The fraction of sp³-hybridized carbons (Fsp3) is 0.250. The molecule has 0 saturated carbocycles. The van der Waals surface area contributed by atoms with Gasteiger partial charge in [-0.15, -0.1) is 0 Å². The minimum Gasteiger partial charge on any atom is -0.496 e. The third kappa shape index (κ3) is 2.28. The number of ether oxygens (including phenoxy) is 1. The number of hydrogen-bond acceptors (Lipinski definition) is 3. The lowest BCUT2D eigenvalue weighted by molar-refractivity contribution is 0.277. The van der Waals surface area contributed by atoms with E-state index in [0.29, 0.717) is 17.3 Å². The summed E-state index contributed by atoms with van der Waals surface area (Å²) in [6.45, 7) is 1.82. The summed E-state index contributed by atoms with van der Waals surface area (Å²) in [5, 5.41) is 9.36. The SMILES string of the molecule is COc1ccc(C)cc1-c1nc(Cl)c(CO)[nH]1. The van der Waals surface area contributed by atoms with E-state index in [1.54, 1.807) is 7.11 Å². The second-order valence-electron chi connectivity index (χ2n) is 3.72. The van der Waals surface area contributed by atoms with Gasteiger partial charge in [-0.25, -0.2) is 4.98 Å². The van der Waals surface area contributed by atoms with E-state index in [-0.39, 0.29) is 11.8 Å². The van der Waals surface area contributed by atoms with Gasteiger partial charge in [0.15, 0.2) is 5.15 Å². The summed E-state index contributed by atoms with van der Waals surface area (Å²) < 4.78 is 5.27. The number of methoxy groups -OCH3 is 1. The summed E-state index contributed by atoms with van der Waals surface area (Å²) >= 11 is 5.89. The monoisotopic (exact) mass is 252 g/mol. The first-order chi connectivity index (χ1) is 8.15. The van der Waals surface area contributed by atoms with E-state index in [2.05, 4.69) is 9.97 Å². The van der Waals surface area contributed by atoms with Gasteiger partial charge in [0, 0.05) is 0 Å². The van der Waals surface area contributed by atoms with Crippen LogP contribution in [-0.2, 0) is 6.61 Å². The molecule has 1 aromatic heterocycles. The van der Waals surface area contributed by atoms with E-state index in [0.717, 1.165) is 11.1 Å². The third-order valence-electron chi connectivity index (χ3n) is 2.50. The van der Waals surface area contributed by atoms with Crippen molar-refractivity contribution in [2.45, 2.75) is 13.5 Å². The highest BCUT2D eigenvalue weighted by Gasteiger charge is 2.13. The van der Waals surface area contributed by atoms with E-state index < -0.39 is 0 Å². The Balaban J connectivity index is 2.54. The van der Waals surface area contributed by atoms with Crippen LogP contribution in [0.1, 0.15) is 11.3 Å². The average Bonchev–Trinajstić information content (AvgIpc) is 2.70. The number of aromatic amines is 1. The van der Waals surface area contributed by atoms with E-state index in [4.69, 9.17) is 21.4 Å². The second kappa shape index (κ2) is 4.77. The minimum atomic E-state index is -0.167. The first-order valence-electron chi connectivity index (χ1n) is 5.16. The topological polar surface area (TPSA) is 58.1 Å². The van der Waals surface area contributed by atoms with Crippen LogP contribution in [0.25, 0.3) is 11.4 Å². The van der Waals surface area contributed by atoms with Crippen molar-refractivity contribution in [2.24, 2.45) is 0 Å². The van der Waals surface area contributed by atoms with E-state index in [1.165, 1.54) is 0 Å². The summed E-state index contributed by atoms with van der Waals surface area (Å²) in [4.78, 5) is 7.15. The molecule has 90 valence electrons. The Kier molecular flexibility index (Phi) is 3.36. The number of nitrogens with zero attached hydrogens (tertiary/aromatic N) is 1. The van der Waals surface area contributed by atoms with Crippen LogP contribution in [0, 0.1) is 6.92 Å². The van der Waals surface area contributed by atoms with Crippen molar-refractivity contribution in [3.8, 4) is 17.1 Å². The molecule has 0 aliphatic carbocycles. The van der Waals surface area contributed by atoms with Crippen LogP contribution in [0.15, 0.2) is 18.2 Å². The Labute approximate surface area is 104 Å². The smallest absolute Gasteiger partial charge is 0.153 e. The summed E-state index contributed by atoms with van der Waals surface area (Å²) in [6, 6.07) is 5.79. The average molecular weight is 253 g/mol. The molecule has 1 heterocycles. The van der Waals surface area contributed by atoms with E-state index in [9.17, 15) is 0 Å². The molecule has 0 aliphatic rings. The van der Waals surface area contributed by atoms with Crippen LogP contribution in [0.3, 0.4) is 0 Å². The normalized spacial score (nSPS) is 10.6. The predicted octanol–water partition coefficient (Wildman–Crippen LogP) is 2.54. The Bertz CT molecular complexity index is 537. The van der Waals surface area contributed by atoms with Gasteiger partial charge in [0.05, 0.1) is 25.0 Å². The first-order valence-corrected chi connectivity index (χ1v) is 5.53. The molecule has 0 unspecified atom stereocenters. The lowest BCUT2D eigenvalue weighted by Gasteiger charge is -2.06. The van der Waals surface area contributed by atoms with Crippen LogP contribution in [0.2, 0.25) is 5.15 Å².